The summed E-state index contributed by atoms with van der Waals surface area (Å²) in [6.07, 6.45) is 4.45. The van der Waals surface area contributed by atoms with Gasteiger partial charge in [0, 0.05) is 49.9 Å². The second kappa shape index (κ2) is 10.7. The third-order valence-electron chi connectivity index (χ3n) is 8.82. The van der Waals surface area contributed by atoms with Crippen LogP contribution in [0.3, 0.4) is 0 Å². The maximum atomic E-state index is 13.9. The number of nitrogens with one attached hydrogen (secondary N) is 1. The molecular weight excluding hydrogens is 471 g/mol. The van der Waals surface area contributed by atoms with Crippen molar-refractivity contribution in [2.75, 3.05) is 6.54 Å². The van der Waals surface area contributed by atoms with Gasteiger partial charge < -0.3 is 15.3 Å². The Balaban J connectivity index is 1.37. The van der Waals surface area contributed by atoms with Crippen molar-refractivity contribution in [3.05, 3.63) is 29.1 Å². The third-order valence-corrected chi connectivity index (χ3v) is 8.82. The number of carbonyl (C=O) groups excluding carboxylic acids is 1. The zero-order valence-electron chi connectivity index (χ0n) is 21.2. The average Bonchev–Trinajstić information content (AvgIpc) is 3.27. The predicted molar refractivity (Wildman–Crippen MR) is 129 cm³/mol. The molecule has 2 heterocycles. The van der Waals surface area contributed by atoms with Crippen LogP contribution in [-0.4, -0.2) is 45.5 Å². The molecule has 2 N–H and O–H groups in total. The molecule has 2 saturated carbocycles. The Labute approximate surface area is 211 Å². The van der Waals surface area contributed by atoms with Crippen molar-refractivity contribution in [2.24, 2.45) is 17.3 Å². The highest BCUT2D eigenvalue weighted by Gasteiger charge is 2.50. The Bertz CT molecular complexity index is 959. The van der Waals surface area contributed by atoms with E-state index < -0.39 is 23.1 Å². The van der Waals surface area contributed by atoms with Crippen LogP contribution in [-0.2, 0) is 28.7 Å². The number of carboxylic acid groups (broad SMARTS) is 1. The van der Waals surface area contributed by atoms with Crippen molar-refractivity contribution >= 4 is 11.9 Å². The Hall–Kier alpha value is -2.16. The molecule has 1 aromatic rings. The third kappa shape index (κ3) is 5.87. The van der Waals surface area contributed by atoms with Crippen LogP contribution in [0.2, 0.25) is 0 Å². The van der Waals surface area contributed by atoms with Gasteiger partial charge in [-0.1, -0.05) is 13.8 Å². The highest BCUT2D eigenvalue weighted by atomic mass is 19.4. The van der Waals surface area contributed by atoms with Gasteiger partial charge in [-0.2, -0.15) is 13.2 Å². The largest absolute Gasteiger partial charge is 0.481 e. The molecule has 9 heteroatoms. The van der Waals surface area contributed by atoms with E-state index in [4.69, 9.17) is 5.11 Å². The van der Waals surface area contributed by atoms with Crippen LogP contribution in [0.15, 0.2) is 12.3 Å². The van der Waals surface area contributed by atoms with E-state index in [1.54, 1.807) is 4.90 Å². The van der Waals surface area contributed by atoms with E-state index in [1.165, 1.54) is 0 Å². The summed E-state index contributed by atoms with van der Waals surface area (Å²) in [5.74, 6) is -0.0645. The Morgan fingerprint density at radius 1 is 1.19 bits per heavy atom. The number of pyridine rings is 1. The minimum Gasteiger partial charge on any atom is -0.481 e. The van der Waals surface area contributed by atoms with Crippen molar-refractivity contribution in [1.29, 1.82) is 0 Å². The van der Waals surface area contributed by atoms with E-state index >= 15 is 0 Å². The molecule has 1 aliphatic heterocycles. The van der Waals surface area contributed by atoms with Crippen molar-refractivity contribution in [1.82, 2.24) is 15.2 Å². The second-order valence-corrected chi connectivity index (χ2v) is 11.4. The van der Waals surface area contributed by atoms with Crippen LogP contribution in [0.25, 0.3) is 0 Å². The summed E-state index contributed by atoms with van der Waals surface area (Å²) < 4.78 is 39.6. The van der Waals surface area contributed by atoms with Crippen molar-refractivity contribution in [2.45, 2.75) is 103 Å². The fourth-order valence-corrected chi connectivity index (χ4v) is 6.53. The van der Waals surface area contributed by atoms with Gasteiger partial charge in [0.05, 0.1) is 11.0 Å². The zero-order valence-corrected chi connectivity index (χ0v) is 21.2. The average molecular weight is 510 g/mol. The predicted octanol–water partition coefficient (Wildman–Crippen LogP) is 5.19. The normalized spacial score (nSPS) is 28.8. The van der Waals surface area contributed by atoms with Gasteiger partial charge in [-0.05, 0) is 74.8 Å². The summed E-state index contributed by atoms with van der Waals surface area (Å²) >= 11 is 0. The number of hydrogen-bond donors (Lipinski definition) is 2. The van der Waals surface area contributed by atoms with E-state index in [0.717, 1.165) is 63.6 Å². The molecule has 0 spiro atoms. The van der Waals surface area contributed by atoms with Crippen LogP contribution in [0, 0.1) is 17.3 Å². The van der Waals surface area contributed by atoms with Gasteiger partial charge in [-0.3, -0.25) is 14.6 Å². The zero-order chi connectivity index (χ0) is 26.1. The first-order chi connectivity index (χ1) is 17.0. The molecule has 0 aromatic carbocycles. The molecule has 2 fully saturated rings. The Morgan fingerprint density at radius 3 is 2.56 bits per heavy atom. The quantitative estimate of drug-likeness (QED) is 0.529. The van der Waals surface area contributed by atoms with Crippen molar-refractivity contribution in [3.8, 4) is 0 Å². The fourth-order valence-electron chi connectivity index (χ4n) is 6.53. The molecule has 6 nitrogen and oxygen atoms in total. The number of nitrogens with zero attached hydrogens (tertiary/aromatic N) is 2. The summed E-state index contributed by atoms with van der Waals surface area (Å²) in [7, 11) is 0. The van der Waals surface area contributed by atoms with Crippen LogP contribution < -0.4 is 5.32 Å². The minimum absolute atomic E-state index is 0.0576. The highest BCUT2D eigenvalue weighted by molar-refractivity contribution is 5.83. The molecule has 0 saturated heterocycles. The van der Waals surface area contributed by atoms with E-state index in [9.17, 15) is 22.8 Å². The minimum atomic E-state index is -4.45. The topological polar surface area (TPSA) is 82.5 Å². The lowest BCUT2D eigenvalue weighted by Crippen LogP contribution is -2.49. The lowest BCUT2D eigenvalue weighted by Gasteiger charge is -2.40. The SMILES string of the molecule is CC(C)C1(C(=O)N2CCc3ncc(C(F)(F)F)cc3C2)CCC(NC2CCC(CCC(=O)O)CC2)C1. The molecule has 3 aliphatic rings. The first-order valence-corrected chi connectivity index (χ1v) is 13.3. The number of amides is 1. The summed E-state index contributed by atoms with van der Waals surface area (Å²) in [5, 5.41) is 12.7. The first-order valence-electron chi connectivity index (χ1n) is 13.3. The first kappa shape index (κ1) is 26.9. The van der Waals surface area contributed by atoms with Crippen LogP contribution in [0.4, 0.5) is 13.2 Å². The maximum Gasteiger partial charge on any atom is 0.417 e. The number of carboxylic acids is 1. The van der Waals surface area contributed by atoms with Gasteiger partial charge in [-0.15, -0.1) is 0 Å². The molecule has 1 amide bonds. The molecular formula is C27H38F3N3O3. The van der Waals surface area contributed by atoms with Gasteiger partial charge in [0.2, 0.25) is 5.91 Å². The molecule has 1 aromatic heterocycles. The molecule has 200 valence electrons. The van der Waals surface area contributed by atoms with E-state index in [2.05, 4.69) is 24.1 Å². The second-order valence-electron chi connectivity index (χ2n) is 11.4. The molecule has 36 heavy (non-hydrogen) atoms. The van der Waals surface area contributed by atoms with Crippen LogP contribution in [0.5, 0.6) is 0 Å². The molecule has 0 radical (unpaired) electrons. The van der Waals surface area contributed by atoms with Gasteiger partial charge >= 0.3 is 12.1 Å². The fraction of sp³-hybridized carbons (Fsp3) is 0.741. The maximum absolute atomic E-state index is 13.9. The smallest absolute Gasteiger partial charge is 0.417 e. The van der Waals surface area contributed by atoms with Gasteiger partial charge in [0.15, 0.2) is 0 Å². The van der Waals surface area contributed by atoms with Crippen molar-refractivity contribution in [3.63, 3.8) is 0 Å². The van der Waals surface area contributed by atoms with Crippen LogP contribution >= 0.6 is 0 Å². The molecule has 0 bridgehead atoms. The van der Waals surface area contributed by atoms with E-state index in [0.29, 0.717) is 36.2 Å². The van der Waals surface area contributed by atoms with Gasteiger partial charge in [0.25, 0.3) is 0 Å². The Kier molecular flexibility index (Phi) is 7.98. The molecule has 2 unspecified atom stereocenters. The summed E-state index contributed by atoms with van der Waals surface area (Å²) in [4.78, 5) is 30.5. The van der Waals surface area contributed by atoms with Crippen molar-refractivity contribution < 1.29 is 27.9 Å². The number of fused-ring (bicyclic) bond motifs is 1. The Morgan fingerprint density at radius 2 is 1.92 bits per heavy atom. The highest BCUT2D eigenvalue weighted by Crippen LogP contribution is 2.47. The molecule has 2 atom stereocenters. The monoisotopic (exact) mass is 509 g/mol. The lowest BCUT2D eigenvalue weighted by molar-refractivity contribution is -0.146. The van der Waals surface area contributed by atoms with Crippen LogP contribution in [0.1, 0.15) is 88.5 Å². The van der Waals surface area contributed by atoms with Gasteiger partial charge in [-0.25, -0.2) is 0 Å². The van der Waals surface area contributed by atoms with Gasteiger partial charge in [0.1, 0.15) is 0 Å². The number of rotatable bonds is 7. The number of hydrogen-bond acceptors (Lipinski definition) is 4. The standard InChI is InChI=1S/C27H38F3N3O3/c1-17(2)26(11-9-22(14-26)32-21-6-3-18(4-7-21)5-8-24(34)35)25(36)33-12-10-23-19(16-33)13-20(15-31-23)27(28,29)30/h13,15,17-18,21-22,32H,3-12,14,16H2,1-2H3,(H,34,35). The summed E-state index contributed by atoms with van der Waals surface area (Å²) in [6.45, 7) is 4.82. The number of aliphatic carboxylic acids is 1. The number of halogens is 3. The lowest BCUT2D eigenvalue weighted by atomic mass is 9.73. The summed E-state index contributed by atoms with van der Waals surface area (Å²) in [5.41, 5.74) is -0.133. The number of aromatic nitrogens is 1. The summed E-state index contributed by atoms with van der Waals surface area (Å²) in [6, 6.07) is 1.78. The number of alkyl halides is 3. The van der Waals surface area contributed by atoms with E-state index in [-0.39, 0.29) is 30.8 Å². The number of carbonyl (C=O) groups is 2. The van der Waals surface area contributed by atoms with E-state index in [1.807, 2.05) is 0 Å². The molecule has 2 aliphatic carbocycles. The molecule has 4 rings (SSSR count).